The molecule has 0 saturated carbocycles. The van der Waals surface area contributed by atoms with Crippen LogP contribution in [-0.2, 0) is 0 Å². The molecule has 0 fully saturated rings. The van der Waals surface area contributed by atoms with Crippen LogP contribution in [-0.4, -0.2) is 5.71 Å². The fraction of sp³-hybridized carbons (Fsp3) is 0. The van der Waals surface area contributed by atoms with E-state index < -0.39 is 0 Å². The zero-order chi connectivity index (χ0) is 12.1. The van der Waals surface area contributed by atoms with E-state index in [1.54, 1.807) is 0 Å². The van der Waals surface area contributed by atoms with Crippen LogP contribution < -0.4 is 24.3 Å². The van der Waals surface area contributed by atoms with Gasteiger partial charge < -0.3 is 0 Å². The monoisotopic (exact) mass is 250 g/mol. The number of hydrogen-bond acceptors (Lipinski definition) is 2. The zero-order valence-electron chi connectivity index (χ0n) is 10.2. The second-order valence-corrected chi connectivity index (χ2v) is 3.98. The van der Waals surface area contributed by atoms with Crippen molar-refractivity contribution in [2.75, 3.05) is 5.43 Å². The van der Waals surface area contributed by atoms with Crippen molar-refractivity contribution < 1.29 is 18.9 Å². The van der Waals surface area contributed by atoms with Crippen LogP contribution in [0, 0.1) is 6.92 Å². The summed E-state index contributed by atoms with van der Waals surface area (Å²) >= 11 is 5.79. The van der Waals surface area contributed by atoms with Crippen LogP contribution in [0.4, 0.5) is 5.69 Å². The molecule has 0 aliphatic rings. The van der Waals surface area contributed by atoms with Crippen molar-refractivity contribution in [3.05, 3.63) is 72.1 Å². The summed E-state index contributed by atoms with van der Waals surface area (Å²) in [6.07, 6.45) is 0. The summed E-state index contributed by atoms with van der Waals surface area (Å²) in [5.74, 6) is 0. The Bertz CT molecular complexity index is 509. The van der Waals surface area contributed by atoms with Gasteiger partial charge in [0.2, 0.25) is 0 Å². The number of rotatable bonds is 3. The molecule has 0 aromatic heterocycles. The molecule has 0 atom stereocenters. The minimum Gasteiger partial charge on any atom is -0.281 e. The van der Waals surface area contributed by atoms with Crippen LogP contribution in [0.15, 0.2) is 59.7 Å². The van der Waals surface area contributed by atoms with E-state index in [0.29, 0.717) is 10.7 Å². The van der Waals surface area contributed by atoms with E-state index >= 15 is 0 Å². The molecular weight excluding hydrogens is 239 g/mol. The number of nitrogens with one attached hydrogen (secondary N) is 1. The van der Waals surface area contributed by atoms with E-state index in [-0.39, 0.29) is 18.9 Å². The SMILES string of the molecule is [CH2-]/C(=N\Nc1ccc(Cl)cc1)c1ccccc1.[Li+]. The molecule has 0 spiro atoms. The zero-order valence-corrected chi connectivity index (χ0v) is 11.0. The van der Waals surface area contributed by atoms with Crippen molar-refractivity contribution in [1.82, 2.24) is 0 Å². The van der Waals surface area contributed by atoms with Crippen LogP contribution in [0.1, 0.15) is 5.56 Å². The normalized spacial score (nSPS) is 10.6. The molecule has 2 nitrogen and oxygen atoms in total. The molecule has 1 N–H and O–H groups in total. The molecular formula is C14H12ClLiN2. The first-order valence-electron chi connectivity index (χ1n) is 5.22. The van der Waals surface area contributed by atoms with Gasteiger partial charge in [-0.2, -0.15) is 0 Å². The van der Waals surface area contributed by atoms with Crippen LogP contribution >= 0.6 is 11.6 Å². The Morgan fingerprint density at radius 1 is 1.00 bits per heavy atom. The van der Waals surface area contributed by atoms with Gasteiger partial charge in [-0.05, 0) is 24.3 Å². The minimum absolute atomic E-state index is 0. The number of hydrazone groups is 1. The molecule has 0 saturated heterocycles. The topological polar surface area (TPSA) is 24.4 Å². The summed E-state index contributed by atoms with van der Waals surface area (Å²) in [7, 11) is 0. The fourth-order valence-corrected chi connectivity index (χ4v) is 1.48. The third-order valence-corrected chi connectivity index (χ3v) is 2.52. The number of halogens is 1. The van der Waals surface area contributed by atoms with Gasteiger partial charge in [0, 0.05) is 5.02 Å². The Balaban J connectivity index is 0.00000162. The van der Waals surface area contributed by atoms with Crippen molar-refractivity contribution in [3.63, 3.8) is 0 Å². The molecule has 2 aromatic rings. The molecule has 2 aromatic carbocycles. The molecule has 0 heterocycles. The van der Waals surface area contributed by atoms with E-state index in [1.165, 1.54) is 0 Å². The quantitative estimate of drug-likeness (QED) is 0.374. The molecule has 0 aliphatic heterocycles. The van der Waals surface area contributed by atoms with Crippen LogP contribution in [0.5, 0.6) is 0 Å². The molecule has 0 radical (unpaired) electrons. The van der Waals surface area contributed by atoms with Gasteiger partial charge in [-0.3, -0.25) is 5.43 Å². The first-order chi connectivity index (χ1) is 8.25. The van der Waals surface area contributed by atoms with E-state index in [2.05, 4.69) is 17.5 Å². The first-order valence-corrected chi connectivity index (χ1v) is 5.60. The second-order valence-electron chi connectivity index (χ2n) is 3.54. The number of hydrogen-bond donors (Lipinski definition) is 1. The van der Waals surface area contributed by atoms with Gasteiger partial charge in [0.25, 0.3) is 0 Å². The Labute approximate surface area is 124 Å². The number of nitrogens with zero attached hydrogens (tertiary/aromatic N) is 1. The van der Waals surface area contributed by atoms with Crippen LogP contribution in [0.3, 0.4) is 0 Å². The van der Waals surface area contributed by atoms with Crippen molar-refractivity contribution in [2.45, 2.75) is 0 Å². The molecule has 0 unspecified atom stereocenters. The summed E-state index contributed by atoms with van der Waals surface area (Å²) < 4.78 is 0. The summed E-state index contributed by atoms with van der Waals surface area (Å²) in [6, 6.07) is 17.2. The fourth-order valence-electron chi connectivity index (χ4n) is 1.35. The molecule has 86 valence electrons. The third kappa shape index (κ3) is 4.16. The van der Waals surface area contributed by atoms with Crippen molar-refractivity contribution in [3.8, 4) is 0 Å². The summed E-state index contributed by atoms with van der Waals surface area (Å²) in [5.41, 5.74) is 5.51. The molecule has 2 rings (SSSR count). The van der Waals surface area contributed by atoms with E-state index in [9.17, 15) is 0 Å². The maximum absolute atomic E-state index is 5.79. The van der Waals surface area contributed by atoms with Gasteiger partial charge in [-0.15, -0.1) is 17.7 Å². The van der Waals surface area contributed by atoms with Gasteiger partial charge in [-0.25, -0.2) is 12.0 Å². The van der Waals surface area contributed by atoms with Gasteiger partial charge in [0.05, 0.1) is 5.69 Å². The van der Waals surface area contributed by atoms with E-state index in [0.717, 1.165) is 11.3 Å². The van der Waals surface area contributed by atoms with Crippen LogP contribution in [0.25, 0.3) is 0 Å². The predicted octanol–water partition coefficient (Wildman–Crippen LogP) is 0.994. The smallest absolute Gasteiger partial charge is 0.281 e. The van der Waals surface area contributed by atoms with Gasteiger partial charge in [0.15, 0.2) is 0 Å². The van der Waals surface area contributed by atoms with Crippen LogP contribution in [0.2, 0.25) is 5.02 Å². The minimum atomic E-state index is 0. The summed E-state index contributed by atoms with van der Waals surface area (Å²) in [5, 5.41) is 4.91. The maximum Gasteiger partial charge on any atom is 1.00 e. The molecule has 4 heteroatoms. The summed E-state index contributed by atoms with van der Waals surface area (Å²) in [4.78, 5) is 0. The Hall–Kier alpha value is -1.33. The second kappa shape index (κ2) is 7.18. The summed E-state index contributed by atoms with van der Waals surface area (Å²) in [6.45, 7) is 3.90. The average Bonchev–Trinajstić information content (AvgIpc) is 2.39. The van der Waals surface area contributed by atoms with Gasteiger partial charge in [-0.1, -0.05) is 35.5 Å². The number of anilines is 1. The van der Waals surface area contributed by atoms with E-state index in [4.69, 9.17) is 11.6 Å². The van der Waals surface area contributed by atoms with Gasteiger partial charge >= 0.3 is 18.9 Å². The number of benzene rings is 2. The molecule has 0 amide bonds. The Kier molecular flexibility index (Phi) is 5.87. The first kappa shape index (κ1) is 14.7. The Morgan fingerprint density at radius 3 is 2.22 bits per heavy atom. The molecule has 0 bridgehead atoms. The van der Waals surface area contributed by atoms with Crippen molar-refractivity contribution in [2.24, 2.45) is 5.10 Å². The largest absolute Gasteiger partial charge is 1.00 e. The molecule has 18 heavy (non-hydrogen) atoms. The van der Waals surface area contributed by atoms with Crippen molar-refractivity contribution >= 4 is 23.0 Å². The van der Waals surface area contributed by atoms with Crippen molar-refractivity contribution in [1.29, 1.82) is 0 Å². The maximum atomic E-state index is 5.79. The average molecular weight is 251 g/mol. The van der Waals surface area contributed by atoms with E-state index in [1.807, 2.05) is 54.6 Å². The molecule has 0 aliphatic carbocycles. The Morgan fingerprint density at radius 2 is 1.61 bits per heavy atom. The third-order valence-electron chi connectivity index (χ3n) is 2.27. The predicted molar refractivity (Wildman–Crippen MR) is 73.4 cm³/mol. The van der Waals surface area contributed by atoms with Gasteiger partial charge in [0.1, 0.15) is 0 Å². The standard InChI is InChI=1S/C14H12ClN2.Li/c1-11(12-5-3-2-4-6-12)16-17-14-9-7-13(15)8-10-14;/h2-10,17H,1H2;/q-1;+1/b16-11+;.